The normalized spacial score (nSPS) is 39.1. The molecule has 1 heterocycles. The van der Waals surface area contributed by atoms with Crippen molar-refractivity contribution in [1.82, 2.24) is 9.83 Å². The van der Waals surface area contributed by atoms with Crippen LogP contribution in [0.15, 0.2) is 0 Å². The van der Waals surface area contributed by atoms with Gasteiger partial charge >= 0.3 is 115 Å². The maximum atomic E-state index is 14.2. The van der Waals surface area contributed by atoms with Gasteiger partial charge in [-0.15, -0.1) is 0 Å². The first-order valence-corrected chi connectivity index (χ1v) is 18.9. The third kappa shape index (κ3) is 2.43. The minimum absolute atomic E-state index is 0.185. The molecule has 3 nitrogen and oxygen atoms in total. The predicted molar refractivity (Wildman–Crippen MR) is 69.8 cm³/mol. The van der Waals surface area contributed by atoms with Gasteiger partial charge < -0.3 is 0 Å². The van der Waals surface area contributed by atoms with Crippen molar-refractivity contribution < 1.29 is 8.44 Å². The first-order valence-electron chi connectivity index (χ1n) is 3.45. The van der Waals surface area contributed by atoms with Crippen LogP contribution in [-0.2, 0) is 0 Å². The molecule has 0 aromatic heterocycles. The first kappa shape index (κ1) is 16.6. The molecule has 0 N–H and O–H groups in total. The van der Waals surface area contributed by atoms with E-state index in [0.29, 0.717) is 14.1 Å². The summed E-state index contributed by atoms with van der Waals surface area (Å²) in [4.78, 5) is 0. The van der Waals surface area contributed by atoms with Crippen LogP contribution in [0, 0.1) is 0 Å². The van der Waals surface area contributed by atoms with Gasteiger partial charge in [-0.3, -0.25) is 0 Å². The molecule has 0 radical (unpaired) electrons. The molecule has 16 heavy (non-hydrogen) atoms. The minimum atomic E-state index is -8.89. The molecule has 0 bridgehead atoms. The summed E-state index contributed by atoms with van der Waals surface area (Å²) in [5.41, 5.74) is 0. The van der Waals surface area contributed by atoms with E-state index in [1.54, 1.807) is 0 Å². The van der Waals surface area contributed by atoms with Gasteiger partial charge in [0, 0.05) is 0 Å². The third-order valence-electron chi connectivity index (χ3n) is 2.05. The Morgan fingerprint density at radius 1 is 0.938 bits per heavy atom. The van der Waals surface area contributed by atoms with Crippen LogP contribution in [0.2, 0.25) is 0 Å². The Balaban J connectivity index is 3.88. The number of halogens is 8. The van der Waals surface area contributed by atoms with Crippen molar-refractivity contribution in [1.29, 1.82) is 0 Å². The van der Waals surface area contributed by atoms with Crippen molar-refractivity contribution in [2.45, 2.75) is 0 Å². The monoisotopic (exact) mass is 487 g/mol. The van der Waals surface area contributed by atoms with Crippen molar-refractivity contribution in [3.63, 3.8) is 0 Å². The number of hydrogen-bond donors (Lipinski definition) is 0. The summed E-state index contributed by atoms with van der Waals surface area (Å²) in [7, 11) is 6.30. The summed E-state index contributed by atoms with van der Waals surface area (Å²) >= 11 is 13.3. The summed E-state index contributed by atoms with van der Waals surface area (Å²) in [6, 6.07) is 0. The summed E-state index contributed by atoms with van der Waals surface area (Å²) in [6.45, 7) is 0. The fourth-order valence-corrected chi connectivity index (χ4v) is 38.6. The van der Waals surface area contributed by atoms with Gasteiger partial charge in [-0.1, -0.05) is 0 Å². The average Bonchev–Trinajstić information content (AvgIpc) is 1.96. The second kappa shape index (κ2) is 3.60. The van der Waals surface area contributed by atoms with E-state index in [-0.39, 0.29) is 5.66 Å². The molecule has 1 rings (SSSR count). The van der Waals surface area contributed by atoms with E-state index in [0.717, 1.165) is 0 Å². The van der Waals surface area contributed by atoms with Crippen molar-refractivity contribution in [2.75, 3.05) is 14.1 Å². The summed E-state index contributed by atoms with van der Waals surface area (Å²) in [5, 5.41) is 0. The second-order valence-corrected chi connectivity index (χ2v) is 29.5. The van der Waals surface area contributed by atoms with E-state index in [1.807, 2.05) is 0 Å². The van der Waals surface area contributed by atoms with Crippen LogP contribution in [0.5, 0.6) is 0 Å². The van der Waals surface area contributed by atoms with Gasteiger partial charge in [-0.2, -0.15) is 0 Å². The molecule has 0 fully saturated rings. The number of rotatable bonds is 0. The summed E-state index contributed by atoms with van der Waals surface area (Å²) in [5.74, 6) is -7.72. The number of nitrogens with zero attached hydrogens (tertiary/aromatic N) is 3. The summed E-state index contributed by atoms with van der Waals surface area (Å²) in [6.07, 6.45) is 0. The van der Waals surface area contributed by atoms with E-state index in [2.05, 4.69) is 4.17 Å². The molecule has 0 unspecified atom stereocenters. The van der Waals surface area contributed by atoms with Crippen LogP contribution in [0.1, 0.15) is 0 Å². The predicted octanol–water partition coefficient (Wildman–Crippen LogP) is 5.26. The van der Waals surface area contributed by atoms with E-state index < -0.39 is 29.0 Å². The molecule has 0 aromatic rings. The van der Waals surface area contributed by atoms with Crippen LogP contribution in [-0.4, -0.2) is 36.9 Å². The van der Waals surface area contributed by atoms with E-state index in [9.17, 15) is 8.44 Å². The van der Waals surface area contributed by atoms with Gasteiger partial charge in [0.2, 0.25) is 0 Å². The maximum absolute atomic E-state index is 14.2. The Morgan fingerprint density at radius 3 is 1.44 bits per heavy atom. The molecule has 0 saturated carbocycles. The average molecular weight is 490 g/mol. The molecule has 0 atom stereocenters. The Kier molecular flexibility index (Phi) is 3.73. The fourth-order valence-electron chi connectivity index (χ4n) is 0.854. The topological polar surface area (TPSA) is 20.6 Å². The van der Waals surface area contributed by atoms with Crippen LogP contribution >= 0.6 is 65.6 Å². The van der Waals surface area contributed by atoms with Crippen molar-refractivity contribution in [3.05, 3.63) is 0 Å². The molecule has 1 aliphatic rings. The van der Waals surface area contributed by atoms with Gasteiger partial charge in [0.15, 0.2) is 0 Å². The fraction of sp³-hybridized carbons (Fsp3) is 1.00. The zero-order valence-electron chi connectivity index (χ0n) is 7.71. The molecule has 14 heteroatoms. The standard InChI is InChI=1S/C2H6Cl4N3P2.ClH.3FH.Sb/c1-7-10(3,4)9-11(5,6)8-2;;;;;/h1-2H3;4*1H;/q-1;;;;;+5/p-4. The van der Waals surface area contributed by atoms with E-state index in [4.69, 9.17) is 53.8 Å². The Hall–Kier alpha value is 2.55. The van der Waals surface area contributed by atoms with Crippen LogP contribution in [0.3, 0.4) is 0 Å². The van der Waals surface area contributed by atoms with Crippen LogP contribution in [0.4, 0.5) is 8.44 Å². The molecule has 0 spiro atoms. The van der Waals surface area contributed by atoms with Gasteiger partial charge in [0.05, 0.1) is 0 Å². The molecule has 1 aliphatic heterocycles. The zero-order chi connectivity index (χ0) is 13.3. The van der Waals surface area contributed by atoms with Gasteiger partial charge in [0.1, 0.15) is 0 Å². The molecular weight excluding hydrogens is 484 g/mol. The molecule has 0 aromatic carbocycles. The summed E-state index contributed by atoms with van der Waals surface area (Å²) < 4.78 is 45.6. The molecule has 0 aliphatic carbocycles. The van der Waals surface area contributed by atoms with Crippen LogP contribution < -0.4 is 4.17 Å². The van der Waals surface area contributed by atoms with Crippen molar-refractivity contribution in [3.8, 4) is 0 Å². The number of hydrogen-bond acceptors (Lipinski definition) is 2. The Labute approximate surface area is 114 Å². The van der Waals surface area contributed by atoms with Crippen molar-refractivity contribution in [2.24, 2.45) is 0 Å². The molecule has 0 amide bonds. The molecular formula is C2H6Cl5F3N3P2Sb. The van der Waals surface area contributed by atoms with Crippen molar-refractivity contribution >= 4 is 82.8 Å². The van der Waals surface area contributed by atoms with Gasteiger partial charge in [-0.25, -0.2) is 0 Å². The van der Waals surface area contributed by atoms with Gasteiger partial charge in [-0.05, 0) is 0 Å². The second-order valence-electron chi connectivity index (χ2n) is 3.06. The Bertz CT molecular complexity index is 436. The van der Waals surface area contributed by atoms with E-state index >= 15 is 0 Å². The molecule has 100 valence electrons. The SMILES string of the molecule is C[N]1P(Cl)(Cl)=[N+]=P(Cl)(Cl)[N](C)[Sb-]1([F])([F])([F])[Cl]. The van der Waals surface area contributed by atoms with Gasteiger partial charge in [0.25, 0.3) is 0 Å². The van der Waals surface area contributed by atoms with E-state index in [1.165, 1.54) is 0 Å². The Morgan fingerprint density at radius 2 is 1.19 bits per heavy atom. The third-order valence-corrected chi connectivity index (χ3v) is 34.5. The van der Waals surface area contributed by atoms with Crippen LogP contribution in [0.25, 0.3) is 0 Å². The quantitative estimate of drug-likeness (QED) is 0.263. The molecule has 0 saturated heterocycles. The first-order chi connectivity index (χ1) is 6.54. The zero-order valence-corrected chi connectivity index (χ0v) is 15.8.